The molecule has 2 aromatic rings. The summed E-state index contributed by atoms with van der Waals surface area (Å²) in [5.41, 5.74) is 1.02. The van der Waals surface area contributed by atoms with Crippen LogP contribution in [0.2, 0.25) is 5.02 Å². The van der Waals surface area contributed by atoms with Crippen LogP contribution in [0.4, 0.5) is 14.5 Å². The minimum absolute atomic E-state index is 0.0228. The Balaban J connectivity index is 1.90. The highest BCUT2D eigenvalue weighted by molar-refractivity contribution is 7.99. The van der Waals surface area contributed by atoms with Crippen molar-refractivity contribution in [1.29, 1.82) is 0 Å². The minimum atomic E-state index is -0.789. The Bertz CT molecular complexity index is 664. The normalized spacial score (nSPS) is 12.0. The number of amides is 1. The number of anilines is 1. The van der Waals surface area contributed by atoms with E-state index in [2.05, 4.69) is 5.32 Å². The van der Waals surface area contributed by atoms with Crippen LogP contribution in [0, 0.1) is 11.6 Å². The molecule has 1 atom stereocenters. The van der Waals surface area contributed by atoms with E-state index in [1.54, 1.807) is 19.1 Å². The van der Waals surface area contributed by atoms with Gasteiger partial charge < -0.3 is 5.32 Å². The van der Waals surface area contributed by atoms with Gasteiger partial charge in [-0.3, -0.25) is 4.79 Å². The molecule has 0 unspecified atom stereocenters. The zero-order valence-electron chi connectivity index (χ0n) is 11.8. The minimum Gasteiger partial charge on any atom is -0.323 e. The lowest BCUT2D eigenvalue weighted by Crippen LogP contribution is -2.23. The number of hydrogen-bond acceptors (Lipinski definition) is 2. The molecule has 0 aliphatic rings. The molecule has 0 aliphatic heterocycles. The average molecular weight is 342 g/mol. The van der Waals surface area contributed by atoms with E-state index in [0.29, 0.717) is 10.8 Å². The highest BCUT2D eigenvalue weighted by Gasteiger charge is 2.15. The quantitative estimate of drug-likeness (QED) is 0.839. The Morgan fingerprint density at radius 3 is 2.55 bits per heavy atom. The maximum atomic E-state index is 13.5. The summed E-state index contributed by atoms with van der Waals surface area (Å²) in [7, 11) is 0. The van der Waals surface area contributed by atoms with Gasteiger partial charge >= 0.3 is 0 Å². The number of carbonyl (C=O) groups excluding carboxylic acids is 1. The van der Waals surface area contributed by atoms with Gasteiger partial charge in [-0.15, -0.1) is 11.8 Å². The Morgan fingerprint density at radius 1 is 1.23 bits per heavy atom. The molecule has 0 aromatic heterocycles. The van der Waals surface area contributed by atoms with Gasteiger partial charge in [0.15, 0.2) is 0 Å². The summed E-state index contributed by atoms with van der Waals surface area (Å²) in [4.78, 5) is 12.0. The fraction of sp³-hybridized carbons (Fsp3) is 0.188. The van der Waals surface area contributed by atoms with E-state index in [-0.39, 0.29) is 16.8 Å². The SMILES string of the molecule is C[C@H](SCc1ccc(Cl)cc1)C(=O)Nc1ccc(F)cc1F. The Hall–Kier alpha value is -1.59. The third kappa shape index (κ3) is 4.71. The largest absolute Gasteiger partial charge is 0.323 e. The van der Waals surface area contributed by atoms with Crippen LogP contribution in [-0.2, 0) is 10.5 Å². The third-order valence-electron chi connectivity index (χ3n) is 2.97. The first-order valence-electron chi connectivity index (χ1n) is 6.57. The maximum Gasteiger partial charge on any atom is 0.237 e. The summed E-state index contributed by atoms with van der Waals surface area (Å²) < 4.78 is 26.3. The first kappa shape index (κ1) is 16.8. The standard InChI is InChI=1S/C16H14ClF2NOS/c1-10(22-9-11-2-4-12(17)5-3-11)16(21)20-15-7-6-13(18)8-14(15)19/h2-8,10H,9H2,1H3,(H,20,21)/t10-/m0/s1. The molecular formula is C16H14ClF2NOS. The van der Waals surface area contributed by atoms with Crippen molar-refractivity contribution in [2.24, 2.45) is 0 Å². The summed E-state index contributed by atoms with van der Waals surface area (Å²) in [5, 5.41) is 2.74. The van der Waals surface area contributed by atoms with Gasteiger partial charge in [-0.2, -0.15) is 0 Å². The predicted molar refractivity (Wildman–Crippen MR) is 87.2 cm³/mol. The third-order valence-corrected chi connectivity index (χ3v) is 4.44. The molecule has 0 radical (unpaired) electrons. The predicted octanol–water partition coefficient (Wildman–Crippen LogP) is 4.88. The number of halogens is 3. The second-order valence-electron chi connectivity index (χ2n) is 4.69. The molecule has 0 heterocycles. The van der Waals surface area contributed by atoms with Gasteiger partial charge in [-0.05, 0) is 36.8 Å². The maximum absolute atomic E-state index is 13.5. The molecular weight excluding hydrogens is 328 g/mol. The number of rotatable bonds is 5. The Labute approximate surface area is 136 Å². The molecule has 2 nitrogen and oxygen atoms in total. The topological polar surface area (TPSA) is 29.1 Å². The number of benzene rings is 2. The summed E-state index contributed by atoms with van der Waals surface area (Å²) in [6, 6.07) is 10.4. The van der Waals surface area contributed by atoms with E-state index in [1.807, 2.05) is 12.1 Å². The molecule has 1 N–H and O–H groups in total. The van der Waals surface area contributed by atoms with E-state index < -0.39 is 11.6 Å². The molecule has 0 saturated carbocycles. The number of thioether (sulfide) groups is 1. The summed E-state index contributed by atoms with van der Waals surface area (Å²) in [6.45, 7) is 1.73. The van der Waals surface area contributed by atoms with Crippen LogP contribution in [0.25, 0.3) is 0 Å². The smallest absolute Gasteiger partial charge is 0.237 e. The fourth-order valence-corrected chi connectivity index (χ4v) is 2.67. The van der Waals surface area contributed by atoms with Gasteiger partial charge in [-0.1, -0.05) is 23.7 Å². The molecule has 0 aliphatic carbocycles. The molecule has 0 fully saturated rings. The summed E-state index contributed by atoms with van der Waals surface area (Å²) in [6.07, 6.45) is 0. The molecule has 1 amide bonds. The van der Waals surface area contributed by atoms with Crippen molar-refractivity contribution in [2.75, 3.05) is 5.32 Å². The molecule has 2 aromatic carbocycles. The Kier molecular flexibility index (Phi) is 5.80. The van der Waals surface area contributed by atoms with E-state index >= 15 is 0 Å². The van der Waals surface area contributed by atoms with Crippen molar-refractivity contribution < 1.29 is 13.6 Å². The summed E-state index contributed by atoms with van der Waals surface area (Å²) >= 11 is 7.23. The first-order chi connectivity index (χ1) is 10.5. The second-order valence-corrected chi connectivity index (χ2v) is 6.46. The van der Waals surface area contributed by atoms with E-state index in [4.69, 9.17) is 11.6 Å². The lowest BCUT2D eigenvalue weighted by atomic mass is 10.2. The molecule has 6 heteroatoms. The van der Waals surface area contributed by atoms with E-state index in [0.717, 1.165) is 17.7 Å². The number of nitrogens with one attached hydrogen (secondary N) is 1. The van der Waals surface area contributed by atoms with Crippen molar-refractivity contribution in [3.8, 4) is 0 Å². The zero-order chi connectivity index (χ0) is 16.1. The van der Waals surface area contributed by atoms with Gasteiger partial charge in [0.2, 0.25) is 5.91 Å². The van der Waals surface area contributed by atoms with Gasteiger partial charge in [0, 0.05) is 16.8 Å². The van der Waals surface area contributed by atoms with Crippen LogP contribution in [0.5, 0.6) is 0 Å². The van der Waals surface area contributed by atoms with Crippen molar-refractivity contribution in [2.45, 2.75) is 17.9 Å². The lowest BCUT2D eigenvalue weighted by Gasteiger charge is -2.12. The van der Waals surface area contributed by atoms with Gasteiger partial charge in [-0.25, -0.2) is 8.78 Å². The van der Waals surface area contributed by atoms with Crippen LogP contribution < -0.4 is 5.32 Å². The monoisotopic (exact) mass is 341 g/mol. The first-order valence-corrected chi connectivity index (χ1v) is 8.00. The number of carbonyl (C=O) groups is 1. The highest BCUT2D eigenvalue weighted by atomic mass is 35.5. The molecule has 0 saturated heterocycles. The van der Waals surface area contributed by atoms with Gasteiger partial charge in [0.05, 0.1) is 10.9 Å². The van der Waals surface area contributed by atoms with Gasteiger partial charge in [0.1, 0.15) is 11.6 Å². The molecule has 0 spiro atoms. The van der Waals surface area contributed by atoms with Crippen LogP contribution in [0.3, 0.4) is 0 Å². The highest BCUT2D eigenvalue weighted by Crippen LogP contribution is 2.21. The van der Waals surface area contributed by atoms with Crippen molar-refractivity contribution in [3.05, 3.63) is 64.7 Å². The van der Waals surface area contributed by atoms with Crippen LogP contribution >= 0.6 is 23.4 Å². The van der Waals surface area contributed by atoms with E-state index in [1.165, 1.54) is 17.8 Å². The lowest BCUT2D eigenvalue weighted by molar-refractivity contribution is -0.115. The summed E-state index contributed by atoms with van der Waals surface area (Å²) in [5.74, 6) is -1.16. The second kappa shape index (κ2) is 7.61. The molecule has 116 valence electrons. The van der Waals surface area contributed by atoms with Crippen LogP contribution in [0.15, 0.2) is 42.5 Å². The van der Waals surface area contributed by atoms with Crippen LogP contribution in [0.1, 0.15) is 12.5 Å². The van der Waals surface area contributed by atoms with Crippen molar-refractivity contribution in [1.82, 2.24) is 0 Å². The van der Waals surface area contributed by atoms with Crippen molar-refractivity contribution >= 4 is 35.0 Å². The molecule has 0 bridgehead atoms. The molecule has 22 heavy (non-hydrogen) atoms. The van der Waals surface area contributed by atoms with E-state index in [9.17, 15) is 13.6 Å². The van der Waals surface area contributed by atoms with Crippen molar-refractivity contribution in [3.63, 3.8) is 0 Å². The average Bonchev–Trinajstić information content (AvgIpc) is 2.49. The van der Waals surface area contributed by atoms with Gasteiger partial charge in [0.25, 0.3) is 0 Å². The fourth-order valence-electron chi connectivity index (χ4n) is 1.70. The number of hydrogen-bond donors (Lipinski definition) is 1. The molecule has 2 rings (SSSR count). The van der Waals surface area contributed by atoms with Crippen LogP contribution in [-0.4, -0.2) is 11.2 Å². The Morgan fingerprint density at radius 2 is 1.91 bits per heavy atom. The zero-order valence-corrected chi connectivity index (χ0v) is 13.3.